The highest BCUT2D eigenvalue weighted by Crippen LogP contribution is 2.26. The van der Waals surface area contributed by atoms with Gasteiger partial charge in [0.1, 0.15) is 5.69 Å². The van der Waals surface area contributed by atoms with Gasteiger partial charge in [-0.3, -0.25) is 19.4 Å². The number of fused-ring (bicyclic) bond motifs is 1. The molecule has 0 atom stereocenters. The highest BCUT2D eigenvalue weighted by molar-refractivity contribution is 6.09. The van der Waals surface area contributed by atoms with Crippen molar-refractivity contribution in [1.29, 1.82) is 0 Å². The van der Waals surface area contributed by atoms with Gasteiger partial charge in [-0.2, -0.15) is 0 Å². The maximum atomic E-state index is 13.1. The number of piperidine rings is 1. The Labute approximate surface area is 163 Å². The largest absolute Gasteiger partial charge is 0.357 e. The number of amides is 2. The Morgan fingerprint density at radius 2 is 2.04 bits per heavy atom. The van der Waals surface area contributed by atoms with Crippen molar-refractivity contribution in [2.24, 2.45) is 0 Å². The third-order valence-corrected chi connectivity index (χ3v) is 5.51. The lowest BCUT2D eigenvalue weighted by Gasteiger charge is -2.33. The normalized spacial score (nSPS) is 17.3. The van der Waals surface area contributed by atoms with Crippen molar-refractivity contribution in [2.75, 3.05) is 13.1 Å². The number of nitrogens with one attached hydrogen (secondary N) is 2. The minimum Gasteiger partial charge on any atom is -0.357 e. The number of H-pyrrole nitrogens is 1. The molecule has 2 aromatic rings. The van der Waals surface area contributed by atoms with Crippen LogP contribution in [0.2, 0.25) is 0 Å². The zero-order valence-electron chi connectivity index (χ0n) is 16.0. The van der Waals surface area contributed by atoms with E-state index in [1.807, 2.05) is 6.92 Å². The van der Waals surface area contributed by atoms with E-state index in [0.29, 0.717) is 49.2 Å². The lowest BCUT2D eigenvalue weighted by molar-refractivity contribution is 0.0692. The van der Waals surface area contributed by atoms with Crippen molar-refractivity contribution in [3.05, 3.63) is 52.6 Å². The molecule has 0 bridgehead atoms. The van der Waals surface area contributed by atoms with Crippen molar-refractivity contribution < 1.29 is 14.4 Å². The quantitative estimate of drug-likeness (QED) is 0.854. The predicted octanol–water partition coefficient (Wildman–Crippen LogP) is 2.27. The average Bonchev–Trinajstić information content (AvgIpc) is 3.22. The molecule has 2 aliphatic rings. The summed E-state index contributed by atoms with van der Waals surface area (Å²) in [6.45, 7) is 2.97. The lowest BCUT2D eigenvalue weighted by atomic mass is 9.89. The minimum absolute atomic E-state index is 0.0187. The summed E-state index contributed by atoms with van der Waals surface area (Å²) in [6.07, 6.45) is 5.12. The Balaban J connectivity index is 1.44. The highest BCUT2D eigenvalue weighted by Gasteiger charge is 2.30. The first kappa shape index (κ1) is 18.4. The van der Waals surface area contributed by atoms with Gasteiger partial charge in [-0.1, -0.05) is 0 Å². The number of hydrogen-bond acceptors (Lipinski definition) is 4. The summed E-state index contributed by atoms with van der Waals surface area (Å²) in [7, 11) is 0. The van der Waals surface area contributed by atoms with Crippen LogP contribution < -0.4 is 5.32 Å². The van der Waals surface area contributed by atoms with Crippen molar-refractivity contribution in [3.63, 3.8) is 0 Å². The molecule has 4 rings (SSSR count). The first-order chi connectivity index (χ1) is 13.5. The summed E-state index contributed by atoms with van der Waals surface area (Å²) >= 11 is 0. The molecule has 1 fully saturated rings. The van der Waals surface area contributed by atoms with Gasteiger partial charge in [0.15, 0.2) is 5.78 Å². The molecule has 7 heteroatoms. The lowest BCUT2D eigenvalue weighted by Crippen LogP contribution is -2.47. The van der Waals surface area contributed by atoms with Crippen LogP contribution in [0.15, 0.2) is 24.4 Å². The SMILES string of the molecule is Cc1cc(C(=O)N2CCC(NC(=O)c3ccc[nH]3)CC2)c2c(n1)CCCC2=O. The van der Waals surface area contributed by atoms with Crippen LogP contribution in [0.3, 0.4) is 0 Å². The summed E-state index contributed by atoms with van der Waals surface area (Å²) in [4.78, 5) is 46.9. The summed E-state index contributed by atoms with van der Waals surface area (Å²) < 4.78 is 0. The topological polar surface area (TPSA) is 95.2 Å². The van der Waals surface area contributed by atoms with Gasteiger partial charge in [0.25, 0.3) is 11.8 Å². The summed E-state index contributed by atoms with van der Waals surface area (Å²) in [5.74, 6) is -0.212. The van der Waals surface area contributed by atoms with Gasteiger partial charge in [-0.25, -0.2) is 0 Å². The summed E-state index contributed by atoms with van der Waals surface area (Å²) in [5.41, 5.74) is 3.07. The van der Waals surface area contributed by atoms with E-state index in [1.165, 1.54) is 0 Å². The standard InChI is InChI=1S/C21H24N4O3/c1-13-12-15(19-16(23-13)4-2-6-18(19)26)21(28)25-10-7-14(8-11-25)24-20(27)17-5-3-9-22-17/h3,5,9,12,14,22H,2,4,6-8,10-11H2,1H3,(H,24,27). The molecule has 0 unspecified atom stereocenters. The molecule has 2 aromatic heterocycles. The number of Topliss-reactive ketones (excluding diaryl/α,β-unsaturated/α-hetero) is 1. The number of aromatic amines is 1. The van der Waals surface area contributed by atoms with E-state index in [0.717, 1.165) is 24.2 Å². The van der Waals surface area contributed by atoms with E-state index in [1.54, 1.807) is 29.3 Å². The van der Waals surface area contributed by atoms with Crippen LogP contribution in [0.25, 0.3) is 0 Å². The van der Waals surface area contributed by atoms with Crippen LogP contribution >= 0.6 is 0 Å². The molecule has 2 amide bonds. The molecular weight excluding hydrogens is 356 g/mol. The smallest absolute Gasteiger partial charge is 0.267 e. The first-order valence-corrected chi connectivity index (χ1v) is 9.80. The van der Waals surface area contributed by atoms with E-state index in [2.05, 4.69) is 15.3 Å². The Kier molecular flexibility index (Phi) is 4.98. The van der Waals surface area contributed by atoms with E-state index in [9.17, 15) is 14.4 Å². The third-order valence-electron chi connectivity index (χ3n) is 5.51. The van der Waals surface area contributed by atoms with Gasteiger partial charge in [-0.15, -0.1) is 0 Å². The number of aryl methyl sites for hydroxylation is 2. The second-order valence-electron chi connectivity index (χ2n) is 7.53. The Morgan fingerprint density at radius 3 is 2.75 bits per heavy atom. The minimum atomic E-state index is -0.126. The van der Waals surface area contributed by atoms with Crippen molar-refractivity contribution in [3.8, 4) is 0 Å². The second kappa shape index (κ2) is 7.58. The number of ketones is 1. The van der Waals surface area contributed by atoms with Gasteiger partial charge in [0, 0.05) is 37.4 Å². The number of nitrogens with zero attached hydrogens (tertiary/aromatic N) is 2. The van der Waals surface area contributed by atoms with Gasteiger partial charge in [0.05, 0.1) is 16.8 Å². The number of hydrogen-bond donors (Lipinski definition) is 2. The van der Waals surface area contributed by atoms with Gasteiger partial charge < -0.3 is 15.2 Å². The zero-order chi connectivity index (χ0) is 19.7. The van der Waals surface area contributed by atoms with Crippen LogP contribution in [-0.4, -0.2) is 51.6 Å². The van der Waals surface area contributed by atoms with Crippen LogP contribution in [0.1, 0.15) is 68.3 Å². The van der Waals surface area contributed by atoms with E-state index in [4.69, 9.17) is 0 Å². The van der Waals surface area contributed by atoms with Crippen LogP contribution in [-0.2, 0) is 6.42 Å². The highest BCUT2D eigenvalue weighted by atomic mass is 16.2. The third kappa shape index (κ3) is 3.56. The van der Waals surface area contributed by atoms with Crippen molar-refractivity contribution in [1.82, 2.24) is 20.2 Å². The molecule has 1 aliphatic heterocycles. The maximum Gasteiger partial charge on any atom is 0.267 e. The van der Waals surface area contributed by atoms with Gasteiger partial charge in [-0.05, 0) is 50.8 Å². The molecule has 28 heavy (non-hydrogen) atoms. The van der Waals surface area contributed by atoms with E-state index < -0.39 is 0 Å². The molecule has 3 heterocycles. The second-order valence-corrected chi connectivity index (χ2v) is 7.53. The van der Waals surface area contributed by atoms with Gasteiger partial charge >= 0.3 is 0 Å². The monoisotopic (exact) mass is 380 g/mol. The van der Waals surface area contributed by atoms with E-state index in [-0.39, 0.29) is 23.6 Å². The van der Waals surface area contributed by atoms with Crippen LogP contribution in [0.4, 0.5) is 0 Å². The fraction of sp³-hybridized carbons (Fsp3) is 0.429. The van der Waals surface area contributed by atoms with Crippen molar-refractivity contribution >= 4 is 17.6 Å². The molecule has 2 N–H and O–H groups in total. The van der Waals surface area contributed by atoms with Crippen LogP contribution in [0.5, 0.6) is 0 Å². The molecule has 146 valence electrons. The maximum absolute atomic E-state index is 13.1. The number of carbonyl (C=O) groups excluding carboxylic acids is 3. The number of rotatable bonds is 3. The fourth-order valence-corrected chi connectivity index (χ4v) is 4.07. The van der Waals surface area contributed by atoms with Crippen molar-refractivity contribution in [2.45, 2.75) is 45.1 Å². The predicted molar refractivity (Wildman–Crippen MR) is 103 cm³/mol. The molecule has 0 radical (unpaired) electrons. The number of aromatic nitrogens is 2. The molecule has 0 aromatic carbocycles. The molecule has 0 spiro atoms. The molecule has 1 saturated heterocycles. The Morgan fingerprint density at radius 1 is 1.25 bits per heavy atom. The Bertz CT molecular complexity index is 912. The number of carbonyl (C=O) groups is 3. The number of likely N-dealkylation sites (tertiary alicyclic amines) is 1. The van der Waals surface area contributed by atoms with Crippen LogP contribution in [0, 0.1) is 6.92 Å². The molecular formula is C21H24N4O3. The summed E-state index contributed by atoms with van der Waals surface area (Å²) in [6, 6.07) is 5.30. The van der Waals surface area contributed by atoms with E-state index >= 15 is 0 Å². The summed E-state index contributed by atoms with van der Waals surface area (Å²) in [5, 5.41) is 3.01. The number of pyridine rings is 1. The zero-order valence-corrected chi connectivity index (χ0v) is 16.0. The Hall–Kier alpha value is -2.96. The fourth-order valence-electron chi connectivity index (χ4n) is 4.07. The molecule has 1 aliphatic carbocycles. The first-order valence-electron chi connectivity index (χ1n) is 9.80. The average molecular weight is 380 g/mol. The van der Waals surface area contributed by atoms with Gasteiger partial charge in [0.2, 0.25) is 0 Å². The molecule has 0 saturated carbocycles. The molecule has 7 nitrogen and oxygen atoms in total.